The third-order valence-electron chi connectivity index (χ3n) is 3.86. The summed E-state index contributed by atoms with van der Waals surface area (Å²) in [5.41, 5.74) is -1.03. The quantitative estimate of drug-likeness (QED) is 0.924. The third kappa shape index (κ3) is 3.13. The molecule has 1 unspecified atom stereocenters. The highest BCUT2D eigenvalue weighted by Gasteiger charge is 2.36. The molecule has 0 bridgehead atoms. The number of hydrogen-bond donors (Lipinski definition) is 1. The lowest BCUT2D eigenvalue weighted by Gasteiger charge is -2.19. The molecular weight excluding hydrogens is 273 g/mol. The van der Waals surface area contributed by atoms with E-state index in [4.69, 9.17) is 0 Å². The van der Waals surface area contributed by atoms with Crippen LogP contribution in [0, 0.1) is 12.8 Å². The molecule has 0 aromatic carbocycles. The van der Waals surface area contributed by atoms with Crippen molar-refractivity contribution in [2.24, 2.45) is 5.92 Å². The van der Waals surface area contributed by atoms with Gasteiger partial charge in [-0.25, -0.2) is 9.78 Å². The summed E-state index contributed by atoms with van der Waals surface area (Å²) in [6.07, 6.45) is 0.647. The molecule has 1 fully saturated rings. The van der Waals surface area contributed by atoms with Crippen LogP contribution < -0.4 is 0 Å². The minimum absolute atomic E-state index is 0.0859. The van der Waals surface area contributed by atoms with Crippen LogP contribution in [0.2, 0.25) is 0 Å². The van der Waals surface area contributed by atoms with Crippen LogP contribution in [0.3, 0.4) is 0 Å². The molecule has 20 heavy (non-hydrogen) atoms. The zero-order valence-electron chi connectivity index (χ0n) is 11.2. The topological polar surface area (TPSA) is 55.1 Å². The number of carboxylic acids is 1. The Kier molecular flexibility index (Phi) is 4.06. The van der Waals surface area contributed by atoms with Crippen LogP contribution in [0.1, 0.15) is 49.7 Å². The second-order valence-corrected chi connectivity index (χ2v) is 5.32. The molecule has 7 heteroatoms. The molecule has 112 valence electrons. The van der Waals surface area contributed by atoms with Gasteiger partial charge in [-0.05, 0) is 19.3 Å². The van der Waals surface area contributed by atoms with E-state index in [1.54, 1.807) is 0 Å². The molecule has 1 atom stereocenters. The summed E-state index contributed by atoms with van der Waals surface area (Å²) < 4.78 is 39.0. The van der Waals surface area contributed by atoms with Crippen molar-refractivity contribution in [3.8, 4) is 0 Å². The number of aromatic nitrogens is 2. The van der Waals surface area contributed by atoms with Gasteiger partial charge >= 0.3 is 12.1 Å². The number of rotatable bonds is 4. The van der Waals surface area contributed by atoms with Crippen molar-refractivity contribution in [2.45, 2.75) is 51.2 Å². The molecule has 4 nitrogen and oxygen atoms in total. The maximum absolute atomic E-state index is 12.6. The van der Waals surface area contributed by atoms with Gasteiger partial charge in [0, 0.05) is 6.20 Å². The van der Waals surface area contributed by atoms with Crippen LogP contribution in [0.25, 0.3) is 0 Å². The highest BCUT2D eigenvalue weighted by Crippen LogP contribution is 2.34. The third-order valence-corrected chi connectivity index (χ3v) is 3.86. The zero-order valence-corrected chi connectivity index (χ0v) is 11.2. The largest absolute Gasteiger partial charge is 0.480 e. The number of halogens is 3. The second kappa shape index (κ2) is 5.46. The Labute approximate surface area is 114 Å². The van der Waals surface area contributed by atoms with E-state index < -0.39 is 23.9 Å². The average molecular weight is 290 g/mol. The first-order chi connectivity index (χ1) is 9.29. The minimum atomic E-state index is -4.55. The van der Waals surface area contributed by atoms with E-state index in [0.29, 0.717) is 6.42 Å². The fraction of sp³-hybridized carbons (Fsp3) is 0.692. The van der Waals surface area contributed by atoms with Crippen molar-refractivity contribution < 1.29 is 23.1 Å². The number of hydrogen-bond acceptors (Lipinski definition) is 2. The number of aliphatic carboxylic acids is 1. The number of aryl methyl sites for hydroxylation is 1. The van der Waals surface area contributed by atoms with Gasteiger partial charge in [-0.2, -0.15) is 13.2 Å². The summed E-state index contributed by atoms with van der Waals surface area (Å²) in [5, 5.41) is 9.29. The van der Waals surface area contributed by atoms with Crippen LogP contribution in [0.4, 0.5) is 13.2 Å². The van der Waals surface area contributed by atoms with Crippen LogP contribution in [0.15, 0.2) is 6.20 Å². The Bertz CT molecular complexity index is 490. The summed E-state index contributed by atoms with van der Waals surface area (Å²) in [4.78, 5) is 14.8. The van der Waals surface area contributed by atoms with Crippen LogP contribution in [0.5, 0.6) is 0 Å². The Morgan fingerprint density at radius 2 is 2.10 bits per heavy atom. The fourth-order valence-corrected chi connectivity index (χ4v) is 2.83. The van der Waals surface area contributed by atoms with E-state index in [0.717, 1.165) is 36.4 Å². The Morgan fingerprint density at radius 3 is 2.55 bits per heavy atom. The predicted octanol–water partition coefficient (Wildman–Crippen LogP) is 3.42. The van der Waals surface area contributed by atoms with Crippen molar-refractivity contribution in [1.82, 2.24) is 9.55 Å². The molecule has 1 aromatic rings. The molecule has 0 spiro atoms. The summed E-state index contributed by atoms with van der Waals surface area (Å²) in [7, 11) is 0. The molecule has 0 saturated heterocycles. The van der Waals surface area contributed by atoms with Crippen molar-refractivity contribution in [2.75, 3.05) is 0 Å². The van der Waals surface area contributed by atoms with E-state index in [-0.39, 0.29) is 11.7 Å². The van der Waals surface area contributed by atoms with Crippen molar-refractivity contribution in [1.29, 1.82) is 0 Å². The van der Waals surface area contributed by atoms with Gasteiger partial charge in [0.15, 0.2) is 5.69 Å². The van der Waals surface area contributed by atoms with Gasteiger partial charge in [0.2, 0.25) is 0 Å². The Balaban J connectivity index is 2.24. The number of carbonyl (C=O) groups is 1. The average Bonchev–Trinajstić information content (AvgIpc) is 2.94. The fourth-order valence-electron chi connectivity index (χ4n) is 2.83. The van der Waals surface area contributed by atoms with Crippen LogP contribution in [-0.4, -0.2) is 20.6 Å². The lowest BCUT2D eigenvalue weighted by Crippen LogP contribution is -2.22. The summed E-state index contributed by atoms with van der Waals surface area (Å²) in [5.74, 6) is -0.749. The van der Waals surface area contributed by atoms with E-state index >= 15 is 0 Å². The van der Waals surface area contributed by atoms with Crippen molar-refractivity contribution in [3.05, 3.63) is 17.7 Å². The molecule has 1 heterocycles. The first-order valence-corrected chi connectivity index (χ1v) is 6.64. The van der Waals surface area contributed by atoms with Crippen molar-refractivity contribution >= 4 is 5.97 Å². The maximum Gasteiger partial charge on any atom is 0.434 e. The van der Waals surface area contributed by atoms with Gasteiger partial charge in [-0.3, -0.25) is 0 Å². The number of alkyl halides is 3. The highest BCUT2D eigenvalue weighted by atomic mass is 19.4. The SMILES string of the molecule is Cc1nc(C(F)(F)F)cn1C(CC1CCCC1)C(=O)O. The molecule has 1 N–H and O–H groups in total. The molecule has 1 aromatic heterocycles. The van der Waals surface area contributed by atoms with E-state index in [2.05, 4.69) is 4.98 Å². The summed E-state index contributed by atoms with van der Waals surface area (Å²) >= 11 is 0. The van der Waals surface area contributed by atoms with E-state index in [1.807, 2.05) is 0 Å². The zero-order chi connectivity index (χ0) is 14.9. The number of imidazole rings is 1. The van der Waals surface area contributed by atoms with Gasteiger partial charge < -0.3 is 9.67 Å². The predicted molar refractivity (Wildman–Crippen MR) is 65.2 cm³/mol. The van der Waals surface area contributed by atoms with Gasteiger partial charge in [0.05, 0.1) is 0 Å². The minimum Gasteiger partial charge on any atom is -0.480 e. The molecule has 1 saturated carbocycles. The molecule has 0 radical (unpaired) electrons. The standard InChI is InChI=1S/C13H17F3N2O2/c1-8-17-11(13(14,15)16)7-18(8)10(12(19)20)6-9-4-2-3-5-9/h7,9-10H,2-6H2,1H3,(H,19,20). The number of nitrogens with zero attached hydrogens (tertiary/aromatic N) is 2. The van der Waals surface area contributed by atoms with Crippen molar-refractivity contribution in [3.63, 3.8) is 0 Å². The number of carboxylic acid groups (broad SMARTS) is 1. The first kappa shape index (κ1) is 14.9. The van der Waals surface area contributed by atoms with Crippen LogP contribution >= 0.6 is 0 Å². The Hall–Kier alpha value is -1.53. The lowest BCUT2D eigenvalue weighted by molar-refractivity contribution is -0.143. The Morgan fingerprint density at radius 1 is 1.50 bits per heavy atom. The molecule has 1 aliphatic rings. The maximum atomic E-state index is 12.6. The lowest BCUT2D eigenvalue weighted by atomic mass is 9.98. The normalized spacial score (nSPS) is 18.4. The molecule has 0 aliphatic heterocycles. The van der Waals surface area contributed by atoms with Gasteiger partial charge in [0.25, 0.3) is 0 Å². The van der Waals surface area contributed by atoms with Gasteiger partial charge in [-0.15, -0.1) is 0 Å². The van der Waals surface area contributed by atoms with Gasteiger partial charge in [-0.1, -0.05) is 25.7 Å². The second-order valence-electron chi connectivity index (χ2n) is 5.32. The molecular formula is C13H17F3N2O2. The molecule has 0 amide bonds. The monoisotopic (exact) mass is 290 g/mol. The molecule has 2 rings (SSSR count). The smallest absolute Gasteiger partial charge is 0.434 e. The summed E-state index contributed by atoms with van der Waals surface area (Å²) in [6.45, 7) is 1.40. The van der Waals surface area contributed by atoms with Gasteiger partial charge in [0.1, 0.15) is 11.9 Å². The summed E-state index contributed by atoms with van der Waals surface area (Å²) in [6, 6.07) is -0.971. The van der Waals surface area contributed by atoms with Crippen LogP contribution in [-0.2, 0) is 11.0 Å². The first-order valence-electron chi connectivity index (χ1n) is 6.64. The highest BCUT2D eigenvalue weighted by molar-refractivity contribution is 5.72. The molecule has 1 aliphatic carbocycles. The van der Waals surface area contributed by atoms with E-state index in [9.17, 15) is 23.1 Å². The van der Waals surface area contributed by atoms with E-state index in [1.165, 1.54) is 6.92 Å².